The van der Waals surface area contributed by atoms with Crippen molar-refractivity contribution in [2.24, 2.45) is 0 Å². The van der Waals surface area contributed by atoms with Gasteiger partial charge in [0.2, 0.25) is 5.60 Å². The summed E-state index contributed by atoms with van der Waals surface area (Å²) in [6.45, 7) is 1.36. The summed E-state index contributed by atoms with van der Waals surface area (Å²) in [5, 5.41) is 11.4. The number of hydrogen-bond donors (Lipinski definition) is 1. The summed E-state index contributed by atoms with van der Waals surface area (Å²) in [4.78, 5) is 38.0. The highest BCUT2D eigenvalue weighted by Gasteiger charge is 2.41. The fourth-order valence-corrected chi connectivity index (χ4v) is 3.64. The zero-order valence-corrected chi connectivity index (χ0v) is 19.6. The third kappa shape index (κ3) is 5.40. The molecule has 0 heterocycles. The predicted octanol–water partition coefficient (Wildman–Crippen LogP) is 4.88. The van der Waals surface area contributed by atoms with Crippen molar-refractivity contribution in [2.75, 3.05) is 6.61 Å². The second kappa shape index (κ2) is 10.8. The van der Waals surface area contributed by atoms with Crippen LogP contribution in [0.15, 0.2) is 109 Å². The van der Waals surface area contributed by atoms with Gasteiger partial charge in [-0.1, -0.05) is 78.4 Å². The van der Waals surface area contributed by atoms with Gasteiger partial charge >= 0.3 is 11.9 Å². The quantitative estimate of drug-likeness (QED) is 0.220. The maximum Gasteiger partial charge on any atom is 0.348 e. The number of ether oxygens (including phenoxy) is 2. The molecule has 0 aliphatic rings. The Hall–Kier alpha value is -4.55. The lowest BCUT2D eigenvalue weighted by Crippen LogP contribution is -2.39. The summed E-state index contributed by atoms with van der Waals surface area (Å²) in [5.74, 6) is -1.67. The lowest BCUT2D eigenvalue weighted by Gasteiger charge is -2.26. The number of benzene rings is 4. The Bertz CT molecular complexity index is 1300. The van der Waals surface area contributed by atoms with Crippen molar-refractivity contribution in [1.82, 2.24) is 0 Å². The molecule has 0 atom stereocenters. The summed E-state index contributed by atoms with van der Waals surface area (Å²) in [5.41, 5.74) is 0.289. The van der Waals surface area contributed by atoms with E-state index in [0.717, 1.165) is 5.56 Å². The fraction of sp³-hybridized carbons (Fsp3) is 0.100. The number of Topliss-reactive ketones (excluding diaryl/α,β-unsaturated/α-hetero) is 1. The Balaban J connectivity index is 1.42. The van der Waals surface area contributed by atoms with Gasteiger partial charge < -0.3 is 14.6 Å². The van der Waals surface area contributed by atoms with Crippen molar-refractivity contribution in [3.05, 3.63) is 137 Å². The fourth-order valence-electron chi connectivity index (χ4n) is 3.64. The van der Waals surface area contributed by atoms with Gasteiger partial charge in [-0.3, -0.25) is 4.79 Å². The van der Waals surface area contributed by atoms with Gasteiger partial charge in [0.15, 0.2) is 12.4 Å². The topological polar surface area (TPSA) is 89.9 Å². The molecular formula is C30H24O6. The largest absolute Gasteiger partial charge is 0.455 e. The highest BCUT2D eigenvalue weighted by atomic mass is 16.6. The smallest absolute Gasteiger partial charge is 0.348 e. The minimum Gasteiger partial charge on any atom is -0.455 e. The van der Waals surface area contributed by atoms with E-state index < -0.39 is 29.9 Å². The van der Waals surface area contributed by atoms with Crippen LogP contribution < -0.4 is 4.74 Å². The van der Waals surface area contributed by atoms with Crippen molar-refractivity contribution < 1.29 is 29.0 Å². The van der Waals surface area contributed by atoms with Gasteiger partial charge in [-0.05, 0) is 54.4 Å². The molecule has 36 heavy (non-hydrogen) atoms. The van der Waals surface area contributed by atoms with E-state index >= 15 is 0 Å². The molecule has 0 aliphatic carbocycles. The molecule has 0 spiro atoms. The summed E-state index contributed by atoms with van der Waals surface area (Å²) < 4.78 is 10.6. The first-order chi connectivity index (χ1) is 17.4. The van der Waals surface area contributed by atoms with Gasteiger partial charge in [0, 0.05) is 5.56 Å². The van der Waals surface area contributed by atoms with E-state index in [1.807, 2.05) is 19.1 Å². The lowest BCUT2D eigenvalue weighted by molar-refractivity contribution is -0.160. The van der Waals surface area contributed by atoms with Crippen molar-refractivity contribution in [3.8, 4) is 5.75 Å². The van der Waals surface area contributed by atoms with Crippen LogP contribution in [0.25, 0.3) is 0 Å². The van der Waals surface area contributed by atoms with E-state index in [9.17, 15) is 19.5 Å². The second-order valence-electron chi connectivity index (χ2n) is 8.22. The molecule has 4 rings (SSSR count). The molecule has 4 aromatic carbocycles. The molecule has 6 nitrogen and oxygen atoms in total. The van der Waals surface area contributed by atoms with Crippen LogP contribution in [0.5, 0.6) is 5.75 Å². The number of esters is 2. The average Bonchev–Trinajstić information content (AvgIpc) is 2.92. The molecule has 0 saturated heterocycles. The number of aliphatic hydroxyl groups is 1. The predicted molar refractivity (Wildman–Crippen MR) is 134 cm³/mol. The van der Waals surface area contributed by atoms with Crippen molar-refractivity contribution >= 4 is 17.7 Å². The van der Waals surface area contributed by atoms with E-state index in [1.54, 1.807) is 72.8 Å². The number of hydrogen-bond acceptors (Lipinski definition) is 6. The first-order valence-corrected chi connectivity index (χ1v) is 11.3. The molecule has 4 aromatic rings. The molecule has 0 radical (unpaired) electrons. The van der Waals surface area contributed by atoms with Crippen LogP contribution >= 0.6 is 0 Å². The number of aryl methyl sites for hydroxylation is 1. The van der Waals surface area contributed by atoms with Crippen molar-refractivity contribution in [3.63, 3.8) is 0 Å². The van der Waals surface area contributed by atoms with Crippen LogP contribution in [-0.2, 0) is 15.1 Å². The minimum atomic E-state index is -2.07. The van der Waals surface area contributed by atoms with E-state index in [4.69, 9.17) is 9.47 Å². The molecule has 0 fully saturated rings. The maximum absolute atomic E-state index is 13.1. The Morgan fingerprint density at radius 3 is 1.72 bits per heavy atom. The summed E-state index contributed by atoms with van der Waals surface area (Å²) >= 11 is 0. The molecule has 1 N–H and O–H groups in total. The molecule has 0 unspecified atom stereocenters. The van der Waals surface area contributed by atoms with Gasteiger partial charge in [0.25, 0.3) is 0 Å². The van der Waals surface area contributed by atoms with Gasteiger partial charge in [-0.15, -0.1) is 0 Å². The molecular weight excluding hydrogens is 456 g/mol. The van der Waals surface area contributed by atoms with Crippen LogP contribution in [0.4, 0.5) is 0 Å². The molecule has 0 aromatic heterocycles. The molecule has 0 aliphatic heterocycles. The molecule has 0 amide bonds. The molecule has 0 bridgehead atoms. The Morgan fingerprint density at radius 1 is 0.694 bits per heavy atom. The van der Waals surface area contributed by atoms with E-state index in [1.165, 1.54) is 24.3 Å². The Morgan fingerprint density at radius 2 is 1.19 bits per heavy atom. The first-order valence-electron chi connectivity index (χ1n) is 11.3. The molecule has 6 heteroatoms. The second-order valence-corrected chi connectivity index (χ2v) is 8.22. The van der Waals surface area contributed by atoms with Gasteiger partial charge in [0.1, 0.15) is 5.75 Å². The SMILES string of the molecule is Cc1ccc(C(=O)Oc2ccc(C(=O)COC(=O)C(O)(c3ccccc3)c3ccccc3)cc2)cc1. The van der Waals surface area contributed by atoms with Gasteiger partial charge in [-0.25, -0.2) is 9.59 Å². The van der Waals surface area contributed by atoms with Crippen LogP contribution in [0, 0.1) is 6.92 Å². The lowest BCUT2D eigenvalue weighted by atomic mass is 9.86. The zero-order chi connectivity index (χ0) is 25.5. The van der Waals surface area contributed by atoms with E-state index in [0.29, 0.717) is 16.7 Å². The average molecular weight is 481 g/mol. The van der Waals surface area contributed by atoms with Crippen LogP contribution in [0.2, 0.25) is 0 Å². The normalized spacial score (nSPS) is 10.9. The number of ketones is 1. The molecule has 180 valence electrons. The van der Waals surface area contributed by atoms with Crippen LogP contribution in [0.3, 0.4) is 0 Å². The minimum absolute atomic E-state index is 0.265. The van der Waals surface area contributed by atoms with E-state index in [-0.39, 0.29) is 11.3 Å². The van der Waals surface area contributed by atoms with Gasteiger partial charge in [0.05, 0.1) is 5.56 Å². The van der Waals surface area contributed by atoms with Crippen LogP contribution in [-0.4, -0.2) is 29.4 Å². The standard InChI is InChI=1S/C30H24O6/c1-21-12-14-23(15-13-21)28(32)36-26-18-16-22(17-19-26)27(31)20-35-29(33)30(34,24-8-4-2-5-9-24)25-10-6-3-7-11-25/h2-19,34H,20H2,1H3. The third-order valence-corrected chi connectivity index (χ3v) is 5.69. The highest BCUT2D eigenvalue weighted by Crippen LogP contribution is 2.31. The third-order valence-electron chi connectivity index (χ3n) is 5.69. The Labute approximate surface area is 208 Å². The van der Waals surface area contributed by atoms with Crippen molar-refractivity contribution in [1.29, 1.82) is 0 Å². The zero-order valence-electron chi connectivity index (χ0n) is 19.6. The van der Waals surface area contributed by atoms with Gasteiger partial charge in [-0.2, -0.15) is 0 Å². The summed E-state index contributed by atoms with van der Waals surface area (Å²) in [7, 11) is 0. The maximum atomic E-state index is 13.1. The highest BCUT2D eigenvalue weighted by molar-refractivity contribution is 5.99. The van der Waals surface area contributed by atoms with Crippen molar-refractivity contribution in [2.45, 2.75) is 12.5 Å². The number of rotatable bonds is 8. The molecule has 0 saturated carbocycles. The Kier molecular flexibility index (Phi) is 7.37. The number of carbonyl (C=O) groups is 3. The van der Waals surface area contributed by atoms with Crippen LogP contribution in [0.1, 0.15) is 37.4 Å². The number of carbonyl (C=O) groups excluding carboxylic acids is 3. The summed E-state index contributed by atoms with van der Waals surface area (Å²) in [6.07, 6.45) is 0. The summed E-state index contributed by atoms with van der Waals surface area (Å²) in [6, 6.07) is 29.8. The van der Waals surface area contributed by atoms with E-state index in [2.05, 4.69) is 0 Å². The first kappa shape index (κ1) is 24.6. The monoisotopic (exact) mass is 480 g/mol.